The zero-order chi connectivity index (χ0) is 16.4. The van der Waals surface area contributed by atoms with Crippen molar-refractivity contribution < 1.29 is 27.9 Å². The number of hydrogen-bond donors (Lipinski definition) is 3. The molecule has 0 bridgehead atoms. The Balaban J connectivity index is 2.95. The molecule has 1 unspecified atom stereocenters. The smallest absolute Gasteiger partial charge is 0.422 e. The quantitative estimate of drug-likeness (QED) is 0.739. The zero-order valence-corrected chi connectivity index (χ0v) is 12.7. The van der Waals surface area contributed by atoms with Crippen LogP contribution in [-0.4, -0.2) is 28.8 Å². The molecule has 1 aromatic rings. The fourth-order valence-electron chi connectivity index (χ4n) is 1.22. The van der Waals surface area contributed by atoms with Crippen LogP contribution in [0.15, 0.2) is 22.7 Å². The van der Waals surface area contributed by atoms with Gasteiger partial charge in [0.05, 0.1) is 10.7 Å². The number of alkyl halides is 3. The zero-order valence-electron chi connectivity index (χ0n) is 10.4. The van der Waals surface area contributed by atoms with Crippen LogP contribution >= 0.6 is 27.5 Å². The first kappa shape index (κ1) is 17.6. The van der Waals surface area contributed by atoms with Gasteiger partial charge in [0, 0.05) is 4.47 Å². The molecule has 1 atom stereocenters. The summed E-state index contributed by atoms with van der Waals surface area (Å²) in [5, 5.41) is 12.2. The van der Waals surface area contributed by atoms with Crippen LogP contribution in [0.4, 0.5) is 23.7 Å². The minimum atomic E-state index is -5.17. The van der Waals surface area contributed by atoms with E-state index in [1.54, 1.807) is 6.07 Å². The number of urea groups is 1. The molecule has 0 saturated heterocycles. The molecular weight excluding hydrogens is 380 g/mol. The van der Waals surface area contributed by atoms with Crippen molar-refractivity contribution in [2.75, 3.05) is 5.32 Å². The number of benzene rings is 1. The van der Waals surface area contributed by atoms with Gasteiger partial charge in [0.1, 0.15) is 0 Å². The van der Waals surface area contributed by atoms with Crippen molar-refractivity contribution in [2.45, 2.75) is 18.6 Å². The van der Waals surface area contributed by atoms with Gasteiger partial charge in [-0.1, -0.05) is 27.5 Å². The molecule has 0 aliphatic carbocycles. The molecule has 10 heteroatoms. The van der Waals surface area contributed by atoms with Crippen LogP contribution in [0.25, 0.3) is 0 Å². The number of nitrogens with one attached hydrogen (secondary N) is 2. The fraction of sp³-hybridized carbons (Fsp3) is 0.273. The van der Waals surface area contributed by atoms with E-state index in [9.17, 15) is 22.8 Å². The van der Waals surface area contributed by atoms with E-state index in [4.69, 9.17) is 16.7 Å². The Morgan fingerprint density at radius 2 is 1.90 bits per heavy atom. The van der Waals surface area contributed by atoms with Crippen LogP contribution in [0, 0.1) is 0 Å². The average Bonchev–Trinajstić information content (AvgIpc) is 2.32. The summed E-state index contributed by atoms with van der Waals surface area (Å²) in [6.45, 7) is 0.345. The number of carbonyl (C=O) groups is 2. The maximum atomic E-state index is 12.7. The monoisotopic (exact) mass is 388 g/mol. The number of rotatable bonds is 3. The standard InChI is InChI=1S/C11H9BrClF3N2O3/c1-10(8(19)20,11(14,15)16)18-9(21)17-7-4-5(12)2-3-6(7)13/h2-4H,1H3,(H,19,20)(H2,17,18,21). The van der Waals surface area contributed by atoms with E-state index in [1.165, 1.54) is 17.4 Å². The van der Waals surface area contributed by atoms with Crippen LogP contribution in [0.5, 0.6) is 0 Å². The first-order valence-corrected chi connectivity index (χ1v) is 6.49. The molecule has 0 saturated carbocycles. The Hall–Kier alpha value is -1.48. The predicted molar refractivity (Wildman–Crippen MR) is 73.4 cm³/mol. The lowest BCUT2D eigenvalue weighted by Gasteiger charge is -2.28. The third kappa shape index (κ3) is 4.01. The maximum absolute atomic E-state index is 12.7. The van der Waals surface area contributed by atoms with E-state index in [1.807, 2.05) is 0 Å². The van der Waals surface area contributed by atoms with Crippen molar-refractivity contribution in [3.8, 4) is 0 Å². The van der Waals surface area contributed by atoms with Crippen LogP contribution in [-0.2, 0) is 4.79 Å². The highest BCUT2D eigenvalue weighted by Crippen LogP contribution is 2.31. The summed E-state index contributed by atoms with van der Waals surface area (Å²) < 4.78 is 38.7. The number of carboxylic acids is 1. The molecule has 5 nitrogen and oxygen atoms in total. The lowest BCUT2D eigenvalue weighted by Crippen LogP contribution is -2.62. The first-order chi connectivity index (χ1) is 9.47. The maximum Gasteiger partial charge on any atom is 0.422 e. The summed E-state index contributed by atoms with van der Waals surface area (Å²) in [5.41, 5.74) is -3.39. The van der Waals surface area contributed by atoms with Crippen LogP contribution in [0.1, 0.15) is 6.92 Å². The molecule has 0 spiro atoms. The van der Waals surface area contributed by atoms with Crippen LogP contribution in [0.3, 0.4) is 0 Å². The number of aliphatic carboxylic acids is 1. The molecule has 21 heavy (non-hydrogen) atoms. The molecule has 0 aliphatic rings. The topological polar surface area (TPSA) is 78.4 Å². The van der Waals surface area contributed by atoms with Crippen molar-refractivity contribution in [3.63, 3.8) is 0 Å². The highest BCUT2D eigenvalue weighted by atomic mass is 79.9. The van der Waals surface area contributed by atoms with Gasteiger partial charge in [-0.2, -0.15) is 13.2 Å². The van der Waals surface area contributed by atoms with Crippen LogP contribution in [0.2, 0.25) is 5.02 Å². The number of anilines is 1. The van der Waals surface area contributed by atoms with E-state index in [2.05, 4.69) is 21.2 Å². The fourth-order valence-corrected chi connectivity index (χ4v) is 1.75. The Kier molecular flexibility index (Phi) is 5.11. The Bertz CT molecular complexity index is 582. The molecule has 0 aromatic heterocycles. The van der Waals surface area contributed by atoms with E-state index < -0.39 is 23.7 Å². The molecule has 1 rings (SSSR count). The summed E-state index contributed by atoms with van der Waals surface area (Å²) in [4.78, 5) is 22.4. The largest absolute Gasteiger partial charge is 0.479 e. The van der Waals surface area contributed by atoms with Gasteiger partial charge in [0.15, 0.2) is 0 Å². The van der Waals surface area contributed by atoms with Crippen LogP contribution < -0.4 is 10.6 Å². The summed E-state index contributed by atoms with van der Waals surface area (Å²) in [7, 11) is 0. The van der Waals surface area contributed by atoms with Gasteiger partial charge in [-0.05, 0) is 25.1 Å². The number of amides is 2. The van der Waals surface area contributed by atoms with E-state index >= 15 is 0 Å². The molecule has 1 aromatic carbocycles. The number of hydrogen-bond acceptors (Lipinski definition) is 2. The second-order valence-corrected chi connectivity index (χ2v) is 5.45. The second-order valence-electron chi connectivity index (χ2n) is 4.13. The minimum Gasteiger partial charge on any atom is -0.479 e. The van der Waals surface area contributed by atoms with Gasteiger partial charge in [0.25, 0.3) is 0 Å². The third-order valence-electron chi connectivity index (χ3n) is 2.53. The van der Waals surface area contributed by atoms with Gasteiger partial charge < -0.3 is 15.7 Å². The number of carbonyl (C=O) groups excluding carboxylic acids is 1. The van der Waals surface area contributed by atoms with E-state index in [-0.39, 0.29) is 10.7 Å². The van der Waals surface area contributed by atoms with Crippen molar-refractivity contribution in [1.82, 2.24) is 5.32 Å². The normalized spacial score (nSPS) is 14.2. The summed E-state index contributed by atoms with van der Waals surface area (Å²) >= 11 is 8.86. The SMILES string of the molecule is CC(NC(=O)Nc1cc(Br)ccc1Cl)(C(=O)O)C(F)(F)F. The van der Waals surface area contributed by atoms with Gasteiger partial charge in [-0.3, -0.25) is 0 Å². The van der Waals surface area contributed by atoms with Crippen molar-refractivity contribution >= 4 is 45.2 Å². The molecular formula is C11H9BrClF3N2O3. The van der Waals surface area contributed by atoms with Gasteiger partial charge in [-0.25, -0.2) is 9.59 Å². The van der Waals surface area contributed by atoms with Crippen molar-refractivity contribution in [1.29, 1.82) is 0 Å². The highest BCUT2D eigenvalue weighted by Gasteiger charge is 2.58. The average molecular weight is 390 g/mol. The molecule has 116 valence electrons. The first-order valence-electron chi connectivity index (χ1n) is 5.31. The van der Waals surface area contributed by atoms with E-state index in [0.29, 0.717) is 11.4 Å². The lowest BCUT2D eigenvalue weighted by atomic mass is 10.0. The Labute approximate surface area is 130 Å². The van der Waals surface area contributed by atoms with Gasteiger partial charge in [0.2, 0.25) is 5.54 Å². The Morgan fingerprint density at radius 3 is 2.38 bits per heavy atom. The molecule has 0 aliphatic heterocycles. The Morgan fingerprint density at radius 1 is 1.33 bits per heavy atom. The molecule has 0 radical (unpaired) electrons. The summed E-state index contributed by atoms with van der Waals surface area (Å²) in [6, 6.07) is 2.97. The summed E-state index contributed by atoms with van der Waals surface area (Å²) in [6.07, 6.45) is -5.17. The second kappa shape index (κ2) is 6.10. The van der Waals surface area contributed by atoms with Gasteiger partial charge >= 0.3 is 18.2 Å². The van der Waals surface area contributed by atoms with E-state index in [0.717, 1.165) is 0 Å². The summed E-state index contributed by atoms with van der Waals surface area (Å²) in [5.74, 6) is -2.23. The highest BCUT2D eigenvalue weighted by molar-refractivity contribution is 9.10. The molecule has 0 heterocycles. The molecule has 2 amide bonds. The number of carboxylic acid groups (broad SMARTS) is 1. The number of halogens is 5. The minimum absolute atomic E-state index is 0.0263. The molecule has 3 N–H and O–H groups in total. The predicted octanol–water partition coefficient (Wildman–Crippen LogP) is 3.63. The van der Waals surface area contributed by atoms with Crippen molar-refractivity contribution in [2.24, 2.45) is 0 Å². The lowest BCUT2D eigenvalue weighted by molar-refractivity contribution is -0.203. The van der Waals surface area contributed by atoms with Gasteiger partial charge in [-0.15, -0.1) is 0 Å². The molecule has 0 fully saturated rings. The third-order valence-corrected chi connectivity index (χ3v) is 3.36. The van der Waals surface area contributed by atoms with Crippen molar-refractivity contribution in [3.05, 3.63) is 27.7 Å².